The highest BCUT2D eigenvalue weighted by atomic mass is 16.4. The van der Waals surface area contributed by atoms with Gasteiger partial charge >= 0.3 is 5.97 Å². The van der Waals surface area contributed by atoms with E-state index in [-0.39, 0.29) is 5.92 Å². The summed E-state index contributed by atoms with van der Waals surface area (Å²) in [5.74, 6) is -1.13. The van der Waals surface area contributed by atoms with Crippen LogP contribution in [0.3, 0.4) is 0 Å². The summed E-state index contributed by atoms with van der Waals surface area (Å²) in [6.45, 7) is 1.88. The molecule has 2 unspecified atom stereocenters. The predicted octanol–water partition coefficient (Wildman–Crippen LogP) is 0.125. The Morgan fingerprint density at radius 2 is 2.36 bits per heavy atom. The quantitative estimate of drug-likeness (QED) is 0.571. The molecule has 3 N–H and O–H groups in total. The topological polar surface area (TPSA) is 75.7 Å². The van der Waals surface area contributed by atoms with Gasteiger partial charge in [-0.05, 0) is 6.42 Å². The average molecular weight is 158 g/mol. The molecule has 4 heteroatoms. The molecule has 4 nitrogen and oxygen atoms in total. The SMILES string of the molecule is CCC(C=NC)C(N)C(=O)O. The molecule has 0 radical (unpaired) electrons. The Morgan fingerprint density at radius 3 is 2.64 bits per heavy atom. The summed E-state index contributed by atoms with van der Waals surface area (Å²) in [5.41, 5.74) is 5.37. The van der Waals surface area contributed by atoms with Gasteiger partial charge in [0.05, 0.1) is 0 Å². The molecule has 0 rings (SSSR count). The van der Waals surface area contributed by atoms with Crippen molar-refractivity contribution in [1.29, 1.82) is 0 Å². The van der Waals surface area contributed by atoms with E-state index in [0.717, 1.165) is 0 Å². The zero-order valence-corrected chi connectivity index (χ0v) is 6.82. The normalized spacial score (nSPS) is 16.6. The maximum absolute atomic E-state index is 10.4. The van der Waals surface area contributed by atoms with Gasteiger partial charge < -0.3 is 15.8 Å². The highest BCUT2D eigenvalue weighted by Crippen LogP contribution is 2.03. The van der Waals surface area contributed by atoms with Crippen LogP contribution in [-0.2, 0) is 4.79 Å². The Hall–Kier alpha value is -0.900. The Balaban J connectivity index is 4.13. The molecule has 0 aromatic heterocycles. The number of aliphatic imine (C=N–C) groups is 1. The summed E-state index contributed by atoms with van der Waals surface area (Å²) >= 11 is 0. The van der Waals surface area contributed by atoms with E-state index < -0.39 is 12.0 Å². The maximum Gasteiger partial charge on any atom is 0.321 e. The summed E-state index contributed by atoms with van der Waals surface area (Å²) in [6, 6.07) is -0.830. The number of aliphatic carboxylic acids is 1. The largest absolute Gasteiger partial charge is 0.480 e. The summed E-state index contributed by atoms with van der Waals surface area (Å²) in [7, 11) is 1.61. The maximum atomic E-state index is 10.4. The zero-order valence-electron chi connectivity index (χ0n) is 6.82. The van der Waals surface area contributed by atoms with Crippen LogP contribution < -0.4 is 5.73 Å². The zero-order chi connectivity index (χ0) is 8.85. The van der Waals surface area contributed by atoms with Crippen LogP contribution in [0.1, 0.15) is 13.3 Å². The molecular formula is C7H14N2O2. The van der Waals surface area contributed by atoms with Gasteiger partial charge in [-0.3, -0.25) is 4.79 Å². The monoisotopic (exact) mass is 158 g/mol. The Labute approximate surface area is 66.1 Å². The lowest BCUT2D eigenvalue weighted by molar-refractivity contribution is -0.139. The molecule has 0 saturated carbocycles. The van der Waals surface area contributed by atoms with Crippen molar-refractivity contribution in [1.82, 2.24) is 0 Å². The number of carbonyl (C=O) groups is 1. The van der Waals surface area contributed by atoms with Crippen molar-refractivity contribution in [2.45, 2.75) is 19.4 Å². The number of carboxylic acid groups (broad SMARTS) is 1. The molecule has 64 valence electrons. The van der Waals surface area contributed by atoms with E-state index in [1.807, 2.05) is 6.92 Å². The third-order valence-electron chi connectivity index (χ3n) is 1.56. The van der Waals surface area contributed by atoms with Crippen LogP contribution in [0, 0.1) is 5.92 Å². The Bertz CT molecular complexity index is 157. The summed E-state index contributed by atoms with van der Waals surface area (Å²) in [5, 5.41) is 8.52. The van der Waals surface area contributed by atoms with Crippen LogP contribution in [-0.4, -0.2) is 30.4 Å². The lowest BCUT2D eigenvalue weighted by Gasteiger charge is -2.13. The van der Waals surface area contributed by atoms with Crippen molar-refractivity contribution in [3.8, 4) is 0 Å². The van der Waals surface area contributed by atoms with Gasteiger partial charge in [-0.25, -0.2) is 0 Å². The summed E-state index contributed by atoms with van der Waals surface area (Å²) in [4.78, 5) is 14.1. The van der Waals surface area contributed by atoms with Crippen molar-refractivity contribution in [3.05, 3.63) is 0 Å². The van der Waals surface area contributed by atoms with Gasteiger partial charge in [0.15, 0.2) is 0 Å². The number of nitrogens with two attached hydrogens (primary N) is 1. The van der Waals surface area contributed by atoms with E-state index in [1.54, 1.807) is 13.3 Å². The molecule has 0 heterocycles. The smallest absolute Gasteiger partial charge is 0.321 e. The molecule has 0 saturated heterocycles. The first-order valence-electron chi connectivity index (χ1n) is 3.54. The molecule has 0 fully saturated rings. The van der Waals surface area contributed by atoms with Gasteiger partial charge in [-0.15, -0.1) is 0 Å². The summed E-state index contributed by atoms with van der Waals surface area (Å²) in [6.07, 6.45) is 2.28. The van der Waals surface area contributed by atoms with E-state index in [0.29, 0.717) is 6.42 Å². The van der Waals surface area contributed by atoms with Crippen LogP contribution in [0.2, 0.25) is 0 Å². The first kappa shape index (κ1) is 10.1. The first-order valence-corrected chi connectivity index (χ1v) is 3.54. The van der Waals surface area contributed by atoms with Gasteiger partial charge in [-0.1, -0.05) is 6.92 Å². The van der Waals surface area contributed by atoms with E-state index in [4.69, 9.17) is 10.8 Å². The highest BCUT2D eigenvalue weighted by molar-refractivity contribution is 5.79. The van der Waals surface area contributed by atoms with E-state index in [1.165, 1.54) is 0 Å². The average Bonchev–Trinajstić information content (AvgIpc) is 1.98. The van der Waals surface area contributed by atoms with Crippen molar-refractivity contribution < 1.29 is 9.90 Å². The number of rotatable bonds is 4. The molecule has 0 aromatic rings. The summed E-state index contributed by atoms with van der Waals surface area (Å²) < 4.78 is 0. The Morgan fingerprint density at radius 1 is 1.82 bits per heavy atom. The highest BCUT2D eigenvalue weighted by Gasteiger charge is 2.20. The van der Waals surface area contributed by atoms with Crippen LogP contribution in [0.4, 0.5) is 0 Å². The first-order chi connectivity index (χ1) is 5.13. The standard InChI is InChI=1S/C7H14N2O2/c1-3-5(4-9-2)6(8)7(10)11/h4-6H,3,8H2,1-2H3,(H,10,11). The van der Waals surface area contributed by atoms with Crippen molar-refractivity contribution in [2.24, 2.45) is 16.6 Å². The molecule has 11 heavy (non-hydrogen) atoms. The fraction of sp³-hybridized carbons (Fsp3) is 0.714. The lowest BCUT2D eigenvalue weighted by Crippen LogP contribution is -2.38. The Kier molecular flexibility index (Phi) is 4.45. The molecule has 0 spiro atoms. The molecule has 0 aliphatic heterocycles. The lowest BCUT2D eigenvalue weighted by atomic mass is 9.99. The molecular weight excluding hydrogens is 144 g/mol. The second-order valence-electron chi connectivity index (χ2n) is 2.34. The molecule has 0 aliphatic rings. The number of nitrogens with zero attached hydrogens (tertiary/aromatic N) is 1. The molecule has 0 aromatic carbocycles. The molecule has 0 amide bonds. The third-order valence-corrected chi connectivity index (χ3v) is 1.56. The minimum Gasteiger partial charge on any atom is -0.480 e. The van der Waals surface area contributed by atoms with Gasteiger partial charge in [0, 0.05) is 19.2 Å². The predicted molar refractivity (Wildman–Crippen MR) is 43.8 cm³/mol. The fourth-order valence-corrected chi connectivity index (χ4v) is 0.827. The number of hydrogen-bond donors (Lipinski definition) is 2. The minimum absolute atomic E-state index is 0.155. The van der Waals surface area contributed by atoms with E-state index in [2.05, 4.69) is 4.99 Å². The van der Waals surface area contributed by atoms with Crippen molar-refractivity contribution in [3.63, 3.8) is 0 Å². The van der Waals surface area contributed by atoms with E-state index >= 15 is 0 Å². The van der Waals surface area contributed by atoms with Crippen LogP contribution in [0.15, 0.2) is 4.99 Å². The number of hydrogen-bond acceptors (Lipinski definition) is 3. The molecule has 2 atom stereocenters. The van der Waals surface area contributed by atoms with Gasteiger partial charge in [0.1, 0.15) is 6.04 Å². The molecule has 0 bridgehead atoms. The molecule has 0 aliphatic carbocycles. The van der Waals surface area contributed by atoms with Crippen LogP contribution >= 0.6 is 0 Å². The van der Waals surface area contributed by atoms with Crippen molar-refractivity contribution in [2.75, 3.05) is 7.05 Å². The number of carboxylic acids is 1. The van der Waals surface area contributed by atoms with Crippen LogP contribution in [0.25, 0.3) is 0 Å². The van der Waals surface area contributed by atoms with Gasteiger partial charge in [-0.2, -0.15) is 0 Å². The second kappa shape index (κ2) is 4.85. The third kappa shape index (κ3) is 3.13. The fourth-order valence-electron chi connectivity index (χ4n) is 0.827. The van der Waals surface area contributed by atoms with Gasteiger partial charge in [0.25, 0.3) is 0 Å². The van der Waals surface area contributed by atoms with Crippen LogP contribution in [0.5, 0.6) is 0 Å². The minimum atomic E-state index is -0.975. The van der Waals surface area contributed by atoms with E-state index in [9.17, 15) is 4.79 Å². The second-order valence-corrected chi connectivity index (χ2v) is 2.34. The van der Waals surface area contributed by atoms with Crippen molar-refractivity contribution >= 4 is 12.2 Å². The van der Waals surface area contributed by atoms with Gasteiger partial charge in [0.2, 0.25) is 0 Å².